The molecule has 3 rings (SSSR count). The van der Waals surface area contributed by atoms with Crippen molar-refractivity contribution in [3.05, 3.63) is 59.7 Å². The van der Waals surface area contributed by atoms with Crippen molar-refractivity contribution in [2.75, 3.05) is 20.4 Å². The second kappa shape index (κ2) is 8.54. The molecule has 1 aliphatic carbocycles. The molecule has 0 N–H and O–H groups in total. The van der Waals surface area contributed by atoms with Crippen LogP contribution in [0.5, 0.6) is 5.75 Å². The van der Waals surface area contributed by atoms with E-state index in [2.05, 4.69) is 36.4 Å². The van der Waals surface area contributed by atoms with Gasteiger partial charge in [-0.15, -0.1) is 11.8 Å². The second-order valence-electron chi connectivity index (χ2n) is 6.06. The third-order valence-corrected chi connectivity index (χ3v) is 5.48. The fraction of sp³-hybridized carbons (Fsp3) is 0.400. The average molecular weight is 346 g/mol. The molecule has 0 radical (unpaired) electrons. The quantitative estimate of drug-likeness (QED) is 0.611. The maximum Gasteiger partial charge on any atom is 0.118 e. The van der Waals surface area contributed by atoms with Crippen LogP contribution in [-0.4, -0.2) is 26.5 Å². The Bertz CT molecular complexity index is 638. The number of benzene rings is 2. The van der Waals surface area contributed by atoms with Crippen LogP contribution in [0.4, 0.5) is 4.39 Å². The third kappa shape index (κ3) is 4.52. The van der Waals surface area contributed by atoms with Crippen LogP contribution in [0.2, 0.25) is 0 Å². The summed E-state index contributed by atoms with van der Waals surface area (Å²) in [5.74, 6) is 2.39. The number of alkyl halides is 1. The van der Waals surface area contributed by atoms with E-state index in [9.17, 15) is 4.39 Å². The summed E-state index contributed by atoms with van der Waals surface area (Å²) in [4.78, 5) is 1.29. The van der Waals surface area contributed by atoms with Gasteiger partial charge in [0.2, 0.25) is 0 Å². The molecule has 24 heavy (non-hydrogen) atoms. The van der Waals surface area contributed by atoms with Crippen molar-refractivity contribution in [1.29, 1.82) is 0 Å². The topological polar surface area (TPSA) is 18.5 Å². The zero-order chi connectivity index (χ0) is 16.8. The van der Waals surface area contributed by atoms with E-state index >= 15 is 0 Å². The predicted molar refractivity (Wildman–Crippen MR) is 96.7 cm³/mol. The van der Waals surface area contributed by atoms with Crippen LogP contribution in [0.15, 0.2) is 53.4 Å². The minimum atomic E-state index is -0.390. The molecule has 1 fully saturated rings. The molecule has 2 aromatic rings. The van der Waals surface area contributed by atoms with Crippen molar-refractivity contribution in [2.45, 2.75) is 35.5 Å². The van der Waals surface area contributed by atoms with E-state index < -0.39 is 6.67 Å². The Morgan fingerprint density at radius 3 is 2.62 bits per heavy atom. The lowest BCUT2D eigenvalue weighted by molar-refractivity contribution is -0.0153. The Hall–Kier alpha value is -1.52. The number of thioether (sulfide) groups is 1. The first-order valence-corrected chi connectivity index (χ1v) is 9.30. The van der Waals surface area contributed by atoms with E-state index in [1.807, 2.05) is 23.9 Å². The summed E-state index contributed by atoms with van der Waals surface area (Å²) in [5.41, 5.74) is 2.66. The molecule has 128 valence electrons. The number of methoxy groups -OCH3 is 1. The maximum atomic E-state index is 12.1. The maximum absolute atomic E-state index is 12.1. The highest BCUT2D eigenvalue weighted by molar-refractivity contribution is 7.98. The van der Waals surface area contributed by atoms with Crippen molar-refractivity contribution in [3.8, 4) is 5.75 Å². The van der Waals surface area contributed by atoms with Gasteiger partial charge in [0, 0.05) is 10.6 Å². The molecule has 2 nitrogen and oxygen atoms in total. The van der Waals surface area contributed by atoms with Gasteiger partial charge in [0.05, 0.1) is 19.8 Å². The minimum absolute atomic E-state index is 0.231. The molecule has 0 aromatic heterocycles. The zero-order valence-electron chi connectivity index (χ0n) is 13.9. The van der Waals surface area contributed by atoms with Crippen molar-refractivity contribution >= 4 is 11.8 Å². The van der Waals surface area contributed by atoms with Crippen molar-refractivity contribution in [2.24, 2.45) is 0 Å². The highest BCUT2D eigenvalue weighted by Crippen LogP contribution is 2.40. The molecular weight excluding hydrogens is 323 g/mol. The van der Waals surface area contributed by atoms with E-state index in [0.29, 0.717) is 5.92 Å². The molecule has 0 bridgehead atoms. The largest absolute Gasteiger partial charge is 0.497 e. The normalized spacial score (nSPS) is 19.8. The lowest BCUT2D eigenvalue weighted by Gasteiger charge is -2.35. The summed E-state index contributed by atoms with van der Waals surface area (Å²) in [5, 5.41) is 0. The first-order chi connectivity index (χ1) is 11.8. The van der Waals surface area contributed by atoms with Gasteiger partial charge in [-0.25, -0.2) is 4.39 Å². The van der Waals surface area contributed by atoms with Crippen molar-refractivity contribution in [3.63, 3.8) is 0 Å². The molecule has 0 amide bonds. The van der Waals surface area contributed by atoms with Gasteiger partial charge in [-0.05, 0) is 54.2 Å². The van der Waals surface area contributed by atoms with Crippen LogP contribution in [-0.2, 0) is 10.5 Å². The van der Waals surface area contributed by atoms with Gasteiger partial charge in [0.25, 0.3) is 0 Å². The molecule has 0 saturated heterocycles. The summed E-state index contributed by atoms with van der Waals surface area (Å²) >= 11 is 1.85. The van der Waals surface area contributed by atoms with Gasteiger partial charge >= 0.3 is 0 Å². The number of rotatable bonds is 8. The summed E-state index contributed by atoms with van der Waals surface area (Å²) < 4.78 is 22.8. The predicted octanol–water partition coefficient (Wildman–Crippen LogP) is 5.22. The summed E-state index contributed by atoms with van der Waals surface area (Å²) in [6.07, 6.45) is 2.25. The van der Waals surface area contributed by atoms with Crippen LogP contribution in [0.25, 0.3) is 0 Å². The molecule has 1 saturated carbocycles. The summed E-state index contributed by atoms with van der Waals surface area (Å²) in [6, 6.07) is 17.0. The van der Waals surface area contributed by atoms with Crippen LogP contribution in [0.3, 0.4) is 0 Å². The summed E-state index contributed by atoms with van der Waals surface area (Å²) in [6.45, 7) is -0.159. The molecule has 0 aliphatic heterocycles. The molecule has 1 aliphatic rings. The monoisotopic (exact) mass is 346 g/mol. The number of hydrogen-bond donors (Lipinski definition) is 0. The SMILES string of the molecule is COc1ccc(CSc2cccc(C3CC(OCCF)C3)c2)cc1. The third-order valence-electron chi connectivity index (χ3n) is 4.42. The van der Waals surface area contributed by atoms with Crippen LogP contribution < -0.4 is 4.74 Å². The van der Waals surface area contributed by atoms with Gasteiger partial charge < -0.3 is 9.47 Å². The fourth-order valence-electron chi connectivity index (χ4n) is 2.93. The molecule has 0 atom stereocenters. The molecule has 0 unspecified atom stereocenters. The van der Waals surface area contributed by atoms with E-state index in [1.54, 1.807) is 7.11 Å². The van der Waals surface area contributed by atoms with E-state index in [1.165, 1.54) is 16.0 Å². The second-order valence-corrected chi connectivity index (χ2v) is 7.11. The highest BCUT2D eigenvalue weighted by atomic mass is 32.2. The van der Waals surface area contributed by atoms with Gasteiger partial charge in [-0.1, -0.05) is 24.3 Å². The van der Waals surface area contributed by atoms with Crippen LogP contribution >= 0.6 is 11.8 Å². The van der Waals surface area contributed by atoms with Crippen molar-refractivity contribution < 1.29 is 13.9 Å². The number of halogens is 1. The average Bonchev–Trinajstić information content (AvgIpc) is 2.59. The van der Waals surface area contributed by atoms with Crippen LogP contribution in [0, 0.1) is 0 Å². The number of hydrogen-bond acceptors (Lipinski definition) is 3. The molecule has 0 heterocycles. The smallest absolute Gasteiger partial charge is 0.118 e. The van der Waals surface area contributed by atoms with Gasteiger partial charge in [-0.3, -0.25) is 0 Å². The van der Waals surface area contributed by atoms with Crippen molar-refractivity contribution in [1.82, 2.24) is 0 Å². The molecule has 0 spiro atoms. The summed E-state index contributed by atoms with van der Waals surface area (Å²) in [7, 11) is 1.68. The van der Waals surface area contributed by atoms with Gasteiger partial charge in [0.1, 0.15) is 12.4 Å². The molecule has 4 heteroatoms. The molecular formula is C20H23FO2S. The standard InChI is InChI=1S/C20H23FO2S/c1-22-18-7-5-15(6-8-18)14-24-20-4-2-3-16(13-20)17-11-19(12-17)23-10-9-21/h2-8,13,17,19H,9-12,14H2,1H3. The van der Waals surface area contributed by atoms with E-state index in [-0.39, 0.29) is 12.7 Å². The highest BCUT2D eigenvalue weighted by Gasteiger charge is 2.30. The van der Waals surface area contributed by atoms with E-state index in [4.69, 9.17) is 9.47 Å². The van der Waals surface area contributed by atoms with E-state index in [0.717, 1.165) is 24.3 Å². The minimum Gasteiger partial charge on any atom is -0.497 e. The Balaban J connectivity index is 1.52. The lowest BCUT2D eigenvalue weighted by Crippen LogP contribution is -2.30. The Labute approximate surface area is 147 Å². The fourth-order valence-corrected chi connectivity index (χ4v) is 3.85. The number of ether oxygens (including phenoxy) is 2. The Morgan fingerprint density at radius 1 is 1.12 bits per heavy atom. The van der Waals surface area contributed by atoms with Gasteiger partial charge in [0.15, 0.2) is 0 Å². The Kier molecular flexibility index (Phi) is 6.16. The first kappa shape index (κ1) is 17.3. The lowest BCUT2D eigenvalue weighted by atomic mass is 9.77. The Morgan fingerprint density at radius 2 is 1.92 bits per heavy atom. The molecule has 2 aromatic carbocycles. The van der Waals surface area contributed by atoms with Crippen LogP contribution in [0.1, 0.15) is 29.9 Å². The first-order valence-electron chi connectivity index (χ1n) is 8.31. The van der Waals surface area contributed by atoms with Gasteiger partial charge in [-0.2, -0.15) is 0 Å². The zero-order valence-corrected chi connectivity index (χ0v) is 14.7.